The molecule has 0 heterocycles. The Morgan fingerprint density at radius 3 is 2.10 bits per heavy atom. The van der Waals surface area contributed by atoms with Crippen LogP contribution < -0.4 is 15.4 Å². The zero-order chi connectivity index (χ0) is 22.6. The van der Waals surface area contributed by atoms with Crippen molar-refractivity contribution in [1.82, 2.24) is 5.32 Å². The normalized spacial score (nSPS) is 11.6. The smallest absolute Gasteiger partial charge is 0.251 e. The lowest BCUT2D eigenvalue weighted by Crippen LogP contribution is -2.31. The van der Waals surface area contributed by atoms with E-state index in [1.54, 1.807) is 26.0 Å². The summed E-state index contributed by atoms with van der Waals surface area (Å²) in [6, 6.07) is 9.33. The van der Waals surface area contributed by atoms with Gasteiger partial charge in [0.15, 0.2) is 0 Å². The molecule has 2 rings (SSSR count). The van der Waals surface area contributed by atoms with Crippen molar-refractivity contribution in [1.29, 1.82) is 0 Å². The van der Waals surface area contributed by atoms with Gasteiger partial charge in [0, 0.05) is 29.5 Å². The Morgan fingerprint density at radius 1 is 0.967 bits per heavy atom. The molecule has 0 spiro atoms. The van der Waals surface area contributed by atoms with Crippen LogP contribution in [0.5, 0.6) is 0 Å². The minimum Gasteiger partial charge on any atom is -0.381 e. The first-order valence-electron chi connectivity index (χ1n) is 10.2. The van der Waals surface area contributed by atoms with Crippen molar-refractivity contribution in [3.63, 3.8) is 0 Å². The zero-order valence-corrected chi connectivity index (χ0v) is 19.7. The summed E-state index contributed by atoms with van der Waals surface area (Å²) < 4.78 is 26.6. The molecule has 2 aromatic rings. The lowest BCUT2D eigenvalue weighted by Gasteiger charge is -2.19. The molecule has 0 aromatic heterocycles. The molecule has 2 aromatic carbocycles. The van der Waals surface area contributed by atoms with Gasteiger partial charge in [-0.3, -0.25) is 9.52 Å². The number of benzene rings is 2. The Hall–Kier alpha value is -2.54. The highest BCUT2D eigenvalue weighted by atomic mass is 32.2. The van der Waals surface area contributed by atoms with Gasteiger partial charge in [-0.05, 0) is 88.9 Å². The van der Waals surface area contributed by atoms with Crippen LogP contribution in [0.3, 0.4) is 0 Å². The van der Waals surface area contributed by atoms with Crippen molar-refractivity contribution in [3.8, 4) is 0 Å². The largest absolute Gasteiger partial charge is 0.381 e. The fraction of sp³-hybridized carbons (Fsp3) is 0.435. The van der Waals surface area contributed by atoms with Gasteiger partial charge < -0.3 is 10.6 Å². The Morgan fingerprint density at radius 2 is 1.57 bits per heavy atom. The number of nitrogens with one attached hydrogen (secondary N) is 3. The molecule has 0 aliphatic carbocycles. The molecule has 0 saturated heterocycles. The van der Waals surface area contributed by atoms with E-state index in [2.05, 4.69) is 15.4 Å². The first-order valence-corrected chi connectivity index (χ1v) is 11.7. The molecule has 3 N–H and O–H groups in total. The Bertz CT molecular complexity index is 1010. The number of amides is 1. The predicted molar refractivity (Wildman–Crippen MR) is 125 cm³/mol. The highest BCUT2D eigenvalue weighted by molar-refractivity contribution is 7.93. The Kier molecular flexibility index (Phi) is 7.53. The van der Waals surface area contributed by atoms with Gasteiger partial charge in [-0.1, -0.05) is 12.1 Å². The van der Waals surface area contributed by atoms with Crippen LogP contribution in [0.25, 0.3) is 0 Å². The summed E-state index contributed by atoms with van der Waals surface area (Å²) >= 11 is 0. The average Bonchev–Trinajstić information content (AvgIpc) is 2.64. The summed E-state index contributed by atoms with van der Waals surface area (Å²) in [6.45, 7) is 13.7. The van der Waals surface area contributed by atoms with Crippen LogP contribution in [0.15, 0.2) is 30.3 Å². The van der Waals surface area contributed by atoms with Gasteiger partial charge in [0.05, 0.1) is 5.25 Å². The third kappa shape index (κ3) is 5.75. The van der Waals surface area contributed by atoms with E-state index in [0.29, 0.717) is 17.8 Å². The van der Waals surface area contributed by atoms with Gasteiger partial charge >= 0.3 is 0 Å². The first-order chi connectivity index (χ1) is 13.9. The summed E-state index contributed by atoms with van der Waals surface area (Å²) in [5.41, 5.74) is 6.30. The second-order valence-corrected chi connectivity index (χ2v) is 10.5. The zero-order valence-electron chi connectivity index (χ0n) is 18.9. The van der Waals surface area contributed by atoms with Gasteiger partial charge in [0.1, 0.15) is 0 Å². The number of hydrogen-bond acceptors (Lipinski definition) is 4. The van der Waals surface area contributed by atoms with E-state index in [-0.39, 0.29) is 11.9 Å². The van der Waals surface area contributed by atoms with E-state index in [1.165, 1.54) is 0 Å². The molecule has 0 aliphatic rings. The third-order valence-corrected chi connectivity index (χ3v) is 6.83. The van der Waals surface area contributed by atoms with Crippen LogP contribution >= 0.6 is 0 Å². The Balaban J connectivity index is 2.14. The minimum atomic E-state index is -3.35. The molecule has 1 amide bonds. The van der Waals surface area contributed by atoms with Gasteiger partial charge in [-0.25, -0.2) is 8.42 Å². The molecule has 164 valence electrons. The number of carbonyl (C=O) groups excluding carboxylic acids is 1. The lowest BCUT2D eigenvalue weighted by molar-refractivity contribution is 0.0942. The molecule has 0 saturated carbocycles. The SMILES string of the molecule is Cc1cc(C(=O)NC(C)C)c(C)c(C)c1NCc1ccc(NS(=O)(=O)C(C)C)cc1. The molecule has 0 fully saturated rings. The Labute approximate surface area is 180 Å². The van der Waals surface area contributed by atoms with E-state index in [1.807, 2.05) is 52.8 Å². The van der Waals surface area contributed by atoms with Crippen molar-refractivity contribution in [2.75, 3.05) is 10.0 Å². The molecule has 0 aliphatic heterocycles. The van der Waals surface area contributed by atoms with E-state index >= 15 is 0 Å². The maximum absolute atomic E-state index is 12.5. The quantitative estimate of drug-likeness (QED) is 0.574. The van der Waals surface area contributed by atoms with Crippen molar-refractivity contribution in [2.24, 2.45) is 0 Å². The van der Waals surface area contributed by atoms with Crippen LogP contribution in [0.4, 0.5) is 11.4 Å². The third-order valence-electron chi connectivity index (χ3n) is 5.07. The minimum absolute atomic E-state index is 0.0558. The molecule has 0 bridgehead atoms. The topological polar surface area (TPSA) is 87.3 Å². The van der Waals surface area contributed by atoms with Gasteiger partial charge in [0.25, 0.3) is 5.91 Å². The molecule has 0 unspecified atom stereocenters. The standard InChI is InChI=1S/C23H33N3O3S/c1-14(2)25-23(27)21-12-16(5)22(18(7)17(21)6)24-13-19-8-10-20(11-9-19)26-30(28,29)15(3)4/h8-12,14-15,24,26H,13H2,1-7H3,(H,25,27). The van der Waals surface area contributed by atoms with E-state index in [9.17, 15) is 13.2 Å². The molecule has 7 heteroatoms. The van der Waals surface area contributed by atoms with E-state index in [0.717, 1.165) is 27.9 Å². The van der Waals surface area contributed by atoms with Gasteiger partial charge in [-0.2, -0.15) is 0 Å². The lowest BCUT2D eigenvalue weighted by atomic mass is 9.96. The van der Waals surface area contributed by atoms with Crippen LogP contribution in [0, 0.1) is 20.8 Å². The number of carbonyl (C=O) groups is 1. The summed E-state index contributed by atoms with van der Waals surface area (Å²) in [5, 5.41) is 5.93. The molecule has 0 atom stereocenters. The van der Waals surface area contributed by atoms with Gasteiger partial charge in [-0.15, -0.1) is 0 Å². The molecular formula is C23H33N3O3S. The van der Waals surface area contributed by atoms with Crippen LogP contribution in [-0.4, -0.2) is 25.6 Å². The van der Waals surface area contributed by atoms with Crippen LogP contribution in [-0.2, 0) is 16.6 Å². The van der Waals surface area contributed by atoms with Crippen LogP contribution in [0.2, 0.25) is 0 Å². The van der Waals surface area contributed by atoms with Gasteiger partial charge in [0.2, 0.25) is 10.0 Å². The molecule has 6 nitrogen and oxygen atoms in total. The summed E-state index contributed by atoms with van der Waals surface area (Å²) in [5.74, 6) is -0.0558. The molecular weight excluding hydrogens is 398 g/mol. The maximum Gasteiger partial charge on any atom is 0.251 e. The van der Waals surface area contributed by atoms with Crippen molar-refractivity contribution in [3.05, 3.63) is 58.1 Å². The number of anilines is 2. The van der Waals surface area contributed by atoms with E-state index in [4.69, 9.17) is 0 Å². The predicted octanol–water partition coefficient (Wildman–Crippen LogP) is 4.51. The highest BCUT2D eigenvalue weighted by Crippen LogP contribution is 2.27. The summed E-state index contributed by atoms with van der Waals surface area (Å²) in [4.78, 5) is 12.5. The van der Waals surface area contributed by atoms with Crippen LogP contribution in [0.1, 0.15) is 60.3 Å². The van der Waals surface area contributed by atoms with Crippen molar-refractivity contribution < 1.29 is 13.2 Å². The average molecular weight is 432 g/mol. The molecule has 0 radical (unpaired) electrons. The van der Waals surface area contributed by atoms with Crippen molar-refractivity contribution >= 4 is 27.3 Å². The monoisotopic (exact) mass is 431 g/mol. The van der Waals surface area contributed by atoms with E-state index < -0.39 is 15.3 Å². The second kappa shape index (κ2) is 9.51. The summed E-state index contributed by atoms with van der Waals surface area (Å²) in [7, 11) is -3.35. The fourth-order valence-corrected chi connectivity index (χ4v) is 3.79. The number of aryl methyl sites for hydroxylation is 1. The second-order valence-electron chi connectivity index (χ2n) is 8.24. The number of hydrogen-bond donors (Lipinski definition) is 3. The maximum atomic E-state index is 12.5. The number of rotatable bonds is 8. The first kappa shape index (κ1) is 23.7. The van der Waals surface area contributed by atoms with Crippen molar-refractivity contribution in [2.45, 2.75) is 66.3 Å². The fourth-order valence-electron chi connectivity index (χ4n) is 3.09. The summed E-state index contributed by atoms with van der Waals surface area (Å²) in [6.07, 6.45) is 0. The highest BCUT2D eigenvalue weighted by Gasteiger charge is 2.17. The number of sulfonamides is 1. The molecule has 30 heavy (non-hydrogen) atoms.